The highest BCUT2D eigenvalue weighted by molar-refractivity contribution is 7.09. The van der Waals surface area contributed by atoms with E-state index in [0.717, 1.165) is 31.3 Å². The van der Waals surface area contributed by atoms with E-state index in [1.54, 1.807) is 18.4 Å². The molecule has 0 amide bonds. The molecule has 22 heavy (non-hydrogen) atoms. The van der Waals surface area contributed by atoms with Crippen molar-refractivity contribution < 1.29 is 0 Å². The first kappa shape index (κ1) is 16.5. The maximum Gasteiger partial charge on any atom is 0.191 e. The minimum atomic E-state index is 0.471. The average Bonchev–Trinajstić information content (AvgIpc) is 3.09. The van der Waals surface area contributed by atoms with E-state index in [4.69, 9.17) is 0 Å². The van der Waals surface area contributed by atoms with Crippen molar-refractivity contribution in [3.05, 3.63) is 39.8 Å². The minimum Gasteiger partial charge on any atom is -0.356 e. The van der Waals surface area contributed by atoms with Crippen LogP contribution in [0.5, 0.6) is 0 Å². The zero-order valence-corrected chi connectivity index (χ0v) is 14.6. The van der Waals surface area contributed by atoms with Crippen molar-refractivity contribution >= 4 is 17.3 Å². The third-order valence-electron chi connectivity index (χ3n) is 3.44. The lowest BCUT2D eigenvalue weighted by molar-refractivity contribution is 0.436. The molecular formula is C16H25N5S. The van der Waals surface area contributed by atoms with E-state index in [2.05, 4.69) is 62.8 Å². The molecule has 0 aromatic carbocycles. The Hall–Kier alpha value is -1.82. The topological polar surface area (TPSA) is 54.2 Å². The molecule has 2 aromatic rings. The summed E-state index contributed by atoms with van der Waals surface area (Å²) >= 11 is 1.75. The van der Waals surface area contributed by atoms with Crippen LogP contribution in [-0.4, -0.2) is 29.3 Å². The summed E-state index contributed by atoms with van der Waals surface area (Å²) in [6, 6.07) is 6.30. The molecule has 0 aliphatic carbocycles. The highest BCUT2D eigenvalue weighted by atomic mass is 32.1. The van der Waals surface area contributed by atoms with Crippen LogP contribution in [0.1, 0.15) is 23.2 Å². The third-order valence-corrected chi connectivity index (χ3v) is 4.32. The fraction of sp³-hybridized carbons (Fsp3) is 0.500. The first-order valence-corrected chi connectivity index (χ1v) is 8.44. The number of rotatable bonds is 6. The molecule has 2 heterocycles. The van der Waals surface area contributed by atoms with Gasteiger partial charge in [-0.15, -0.1) is 11.3 Å². The van der Waals surface area contributed by atoms with Crippen LogP contribution in [0.3, 0.4) is 0 Å². The van der Waals surface area contributed by atoms with Gasteiger partial charge in [0.15, 0.2) is 5.96 Å². The van der Waals surface area contributed by atoms with Gasteiger partial charge >= 0.3 is 0 Å². The van der Waals surface area contributed by atoms with Gasteiger partial charge in [-0.25, -0.2) is 0 Å². The van der Waals surface area contributed by atoms with Crippen molar-refractivity contribution in [2.24, 2.45) is 10.9 Å². The normalized spacial score (nSPS) is 13.2. The first-order chi connectivity index (χ1) is 10.6. The lowest BCUT2D eigenvalue weighted by Crippen LogP contribution is -2.39. The zero-order valence-electron chi connectivity index (χ0n) is 13.8. The number of hydrogen-bond acceptors (Lipinski definition) is 3. The molecule has 0 saturated carbocycles. The van der Waals surface area contributed by atoms with Gasteiger partial charge in [0.2, 0.25) is 0 Å². The van der Waals surface area contributed by atoms with Gasteiger partial charge in [0.1, 0.15) is 0 Å². The standard InChI is InChI=1S/C16H25N5S/c1-12(11-21-14(3)8-13(2)20-21)9-18-16(17-4)19-10-15-6-5-7-22-15/h5-8,12H,9-11H2,1-4H3,(H2,17,18,19). The molecule has 0 bridgehead atoms. The summed E-state index contributed by atoms with van der Waals surface area (Å²) in [5.74, 6) is 1.31. The van der Waals surface area contributed by atoms with Gasteiger partial charge < -0.3 is 10.6 Å². The quantitative estimate of drug-likeness (QED) is 0.635. The molecular weight excluding hydrogens is 294 g/mol. The van der Waals surface area contributed by atoms with Crippen molar-refractivity contribution in [2.75, 3.05) is 13.6 Å². The monoisotopic (exact) mass is 319 g/mol. The number of hydrogen-bond donors (Lipinski definition) is 2. The van der Waals surface area contributed by atoms with Gasteiger partial charge in [0.25, 0.3) is 0 Å². The molecule has 0 aliphatic heterocycles. The van der Waals surface area contributed by atoms with E-state index < -0.39 is 0 Å². The molecule has 0 aliphatic rings. The van der Waals surface area contributed by atoms with E-state index in [1.807, 2.05) is 6.92 Å². The lowest BCUT2D eigenvalue weighted by Gasteiger charge is -2.16. The van der Waals surface area contributed by atoms with Crippen LogP contribution in [-0.2, 0) is 13.1 Å². The molecule has 5 nitrogen and oxygen atoms in total. The molecule has 2 N–H and O–H groups in total. The number of aliphatic imine (C=N–C) groups is 1. The fourth-order valence-electron chi connectivity index (χ4n) is 2.30. The Labute approximate surface area is 136 Å². The summed E-state index contributed by atoms with van der Waals surface area (Å²) in [4.78, 5) is 5.57. The number of aromatic nitrogens is 2. The van der Waals surface area contributed by atoms with Gasteiger partial charge in [-0.05, 0) is 37.3 Å². The molecule has 0 saturated heterocycles. The number of nitrogens with one attached hydrogen (secondary N) is 2. The van der Waals surface area contributed by atoms with Gasteiger partial charge in [-0.2, -0.15) is 5.10 Å². The predicted molar refractivity (Wildman–Crippen MR) is 93.4 cm³/mol. The Balaban J connectivity index is 1.76. The van der Waals surface area contributed by atoms with Crippen molar-refractivity contribution in [1.82, 2.24) is 20.4 Å². The molecule has 6 heteroatoms. The summed E-state index contributed by atoms with van der Waals surface area (Å²) in [6.45, 7) is 8.93. The predicted octanol–water partition coefficient (Wildman–Crippen LogP) is 2.56. The summed E-state index contributed by atoms with van der Waals surface area (Å²) in [6.07, 6.45) is 0. The maximum absolute atomic E-state index is 4.51. The van der Waals surface area contributed by atoms with Crippen molar-refractivity contribution in [1.29, 1.82) is 0 Å². The van der Waals surface area contributed by atoms with Gasteiger partial charge in [-0.3, -0.25) is 9.67 Å². The van der Waals surface area contributed by atoms with Gasteiger partial charge in [0.05, 0.1) is 12.2 Å². The highest BCUT2D eigenvalue weighted by Gasteiger charge is 2.08. The molecule has 1 unspecified atom stereocenters. The summed E-state index contributed by atoms with van der Waals surface area (Å²) in [5, 5.41) is 13.3. The molecule has 2 aromatic heterocycles. The van der Waals surface area contributed by atoms with Crippen LogP contribution in [0.15, 0.2) is 28.6 Å². The molecule has 0 radical (unpaired) electrons. The van der Waals surface area contributed by atoms with E-state index >= 15 is 0 Å². The average molecular weight is 319 g/mol. The zero-order chi connectivity index (χ0) is 15.9. The fourth-order valence-corrected chi connectivity index (χ4v) is 2.94. The first-order valence-electron chi connectivity index (χ1n) is 7.56. The van der Waals surface area contributed by atoms with Gasteiger partial charge in [-0.1, -0.05) is 13.0 Å². The van der Waals surface area contributed by atoms with Crippen LogP contribution in [0, 0.1) is 19.8 Å². The van der Waals surface area contributed by atoms with E-state index in [9.17, 15) is 0 Å². The van der Waals surface area contributed by atoms with Crippen LogP contribution < -0.4 is 10.6 Å². The van der Waals surface area contributed by atoms with E-state index in [0.29, 0.717) is 5.92 Å². The van der Waals surface area contributed by atoms with Crippen LogP contribution in [0.25, 0.3) is 0 Å². The van der Waals surface area contributed by atoms with E-state index in [-0.39, 0.29) is 0 Å². The van der Waals surface area contributed by atoms with Crippen LogP contribution in [0.4, 0.5) is 0 Å². The smallest absolute Gasteiger partial charge is 0.191 e. The Morgan fingerprint density at radius 2 is 2.23 bits per heavy atom. The second kappa shape index (κ2) is 7.98. The highest BCUT2D eigenvalue weighted by Crippen LogP contribution is 2.07. The molecule has 0 fully saturated rings. The second-order valence-electron chi connectivity index (χ2n) is 5.60. The lowest BCUT2D eigenvalue weighted by atomic mass is 10.2. The SMILES string of the molecule is CN=C(NCc1cccs1)NCC(C)Cn1nc(C)cc1C. The van der Waals surface area contributed by atoms with Crippen LogP contribution >= 0.6 is 11.3 Å². The minimum absolute atomic E-state index is 0.471. The summed E-state index contributed by atoms with van der Waals surface area (Å²) in [7, 11) is 1.80. The summed E-state index contributed by atoms with van der Waals surface area (Å²) in [5.41, 5.74) is 2.29. The second-order valence-corrected chi connectivity index (χ2v) is 6.63. The third kappa shape index (κ3) is 4.87. The molecule has 0 spiro atoms. The largest absolute Gasteiger partial charge is 0.356 e. The Morgan fingerprint density at radius 1 is 1.41 bits per heavy atom. The Bertz CT molecular complexity index is 600. The molecule has 1 atom stereocenters. The summed E-state index contributed by atoms with van der Waals surface area (Å²) < 4.78 is 2.07. The number of guanidine groups is 1. The van der Waals surface area contributed by atoms with Gasteiger partial charge in [0, 0.05) is 30.7 Å². The van der Waals surface area contributed by atoms with Crippen molar-refractivity contribution in [2.45, 2.75) is 33.9 Å². The van der Waals surface area contributed by atoms with Crippen molar-refractivity contribution in [3.8, 4) is 0 Å². The van der Waals surface area contributed by atoms with Crippen molar-refractivity contribution in [3.63, 3.8) is 0 Å². The van der Waals surface area contributed by atoms with E-state index in [1.165, 1.54) is 10.6 Å². The Kier molecular flexibility index (Phi) is 6.00. The number of nitrogens with zero attached hydrogens (tertiary/aromatic N) is 3. The van der Waals surface area contributed by atoms with Crippen LogP contribution in [0.2, 0.25) is 0 Å². The Morgan fingerprint density at radius 3 is 2.82 bits per heavy atom. The number of aryl methyl sites for hydroxylation is 2. The molecule has 120 valence electrons. The molecule has 2 rings (SSSR count). The number of thiophene rings is 1. The maximum atomic E-state index is 4.51.